The average Bonchev–Trinajstić information content (AvgIpc) is 3.24. The molecule has 118 valence electrons. The molecule has 1 fully saturated rings. The first-order valence-corrected chi connectivity index (χ1v) is 7.95. The molecule has 3 aromatic heterocycles. The number of imidazole rings is 1. The quantitative estimate of drug-likeness (QED) is 0.744. The van der Waals surface area contributed by atoms with Crippen LogP contribution in [0.25, 0.3) is 16.9 Å². The minimum atomic E-state index is 0.915. The van der Waals surface area contributed by atoms with Crippen molar-refractivity contribution in [2.24, 2.45) is 0 Å². The Morgan fingerprint density at radius 1 is 1.04 bits per heavy atom. The normalized spacial score (nSPS) is 14.6. The number of rotatable bonds is 3. The van der Waals surface area contributed by atoms with Gasteiger partial charge in [0, 0.05) is 51.3 Å². The summed E-state index contributed by atoms with van der Waals surface area (Å²) < 4.78 is 2.12. The molecule has 0 amide bonds. The predicted octanol–water partition coefficient (Wildman–Crippen LogP) is 2.46. The van der Waals surface area contributed by atoms with Crippen LogP contribution in [0.5, 0.6) is 0 Å². The zero-order valence-electron chi connectivity index (χ0n) is 13.5. The zero-order chi connectivity index (χ0) is 15.8. The molecule has 4 heterocycles. The van der Waals surface area contributed by atoms with Crippen LogP contribution in [0.3, 0.4) is 0 Å². The van der Waals surface area contributed by atoms with E-state index in [1.54, 1.807) is 0 Å². The summed E-state index contributed by atoms with van der Waals surface area (Å²) in [5.74, 6) is 1.92. The van der Waals surface area contributed by atoms with Crippen LogP contribution in [0.15, 0.2) is 36.9 Å². The monoisotopic (exact) mass is 308 g/mol. The van der Waals surface area contributed by atoms with Crippen molar-refractivity contribution in [3.8, 4) is 11.3 Å². The minimum absolute atomic E-state index is 0.915. The molecule has 0 unspecified atom stereocenters. The van der Waals surface area contributed by atoms with Gasteiger partial charge in [0.1, 0.15) is 5.82 Å². The van der Waals surface area contributed by atoms with Crippen molar-refractivity contribution in [3.05, 3.63) is 36.9 Å². The summed E-state index contributed by atoms with van der Waals surface area (Å²) in [6, 6.07) is 4.05. The first-order chi connectivity index (χ1) is 11.3. The number of hydrogen-bond acceptors (Lipinski definition) is 5. The van der Waals surface area contributed by atoms with Crippen molar-refractivity contribution in [3.63, 3.8) is 0 Å². The summed E-state index contributed by atoms with van der Waals surface area (Å²) >= 11 is 0. The Hall–Kier alpha value is -2.63. The highest BCUT2D eigenvalue weighted by Crippen LogP contribution is 2.30. The van der Waals surface area contributed by atoms with Crippen molar-refractivity contribution in [1.82, 2.24) is 19.4 Å². The van der Waals surface area contributed by atoms with Gasteiger partial charge in [-0.25, -0.2) is 15.0 Å². The molecular weight excluding hydrogens is 288 g/mol. The minimum Gasteiger partial charge on any atom is -0.362 e. The van der Waals surface area contributed by atoms with Gasteiger partial charge in [-0.3, -0.25) is 4.40 Å². The molecular formula is C17H20N6. The summed E-state index contributed by atoms with van der Waals surface area (Å²) in [7, 11) is 4.01. The van der Waals surface area contributed by atoms with Gasteiger partial charge in [0.15, 0.2) is 11.5 Å². The van der Waals surface area contributed by atoms with Gasteiger partial charge >= 0.3 is 0 Å². The fourth-order valence-electron chi connectivity index (χ4n) is 3.21. The van der Waals surface area contributed by atoms with Crippen molar-refractivity contribution in [1.29, 1.82) is 0 Å². The maximum atomic E-state index is 4.65. The van der Waals surface area contributed by atoms with E-state index >= 15 is 0 Å². The topological polar surface area (TPSA) is 49.6 Å². The van der Waals surface area contributed by atoms with Crippen molar-refractivity contribution in [2.45, 2.75) is 12.8 Å². The summed E-state index contributed by atoms with van der Waals surface area (Å²) in [5.41, 5.74) is 3.03. The van der Waals surface area contributed by atoms with Crippen LogP contribution in [-0.4, -0.2) is 46.5 Å². The second-order valence-corrected chi connectivity index (χ2v) is 6.05. The van der Waals surface area contributed by atoms with E-state index in [9.17, 15) is 0 Å². The molecule has 1 aliphatic heterocycles. The Morgan fingerprint density at radius 2 is 1.87 bits per heavy atom. The highest BCUT2D eigenvalue weighted by Gasteiger charge is 2.20. The van der Waals surface area contributed by atoms with E-state index < -0.39 is 0 Å². The number of nitrogens with zero attached hydrogens (tertiary/aromatic N) is 6. The third-order valence-electron chi connectivity index (χ3n) is 4.30. The molecule has 0 aromatic carbocycles. The lowest BCUT2D eigenvalue weighted by atomic mass is 10.2. The molecule has 0 N–H and O–H groups in total. The number of hydrogen-bond donors (Lipinski definition) is 0. The van der Waals surface area contributed by atoms with Crippen LogP contribution in [0, 0.1) is 0 Å². The second-order valence-electron chi connectivity index (χ2n) is 6.05. The molecule has 3 aromatic rings. The van der Waals surface area contributed by atoms with Gasteiger partial charge in [-0.05, 0) is 25.0 Å². The van der Waals surface area contributed by atoms with Gasteiger partial charge in [0.25, 0.3) is 0 Å². The van der Waals surface area contributed by atoms with Gasteiger partial charge in [0.2, 0.25) is 0 Å². The molecule has 4 rings (SSSR count). The van der Waals surface area contributed by atoms with E-state index in [0.29, 0.717) is 0 Å². The third kappa shape index (κ3) is 2.30. The molecule has 0 saturated carbocycles. The van der Waals surface area contributed by atoms with Crippen molar-refractivity contribution in [2.75, 3.05) is 37.0 Å². The molecule has 6 heteroatoms. The first-order valence-electron chi connectivity index (χ1n) is 7.95. The van der Waals surface area contributed by atoms with Crippen molar-refractivity contribution >= 4 is 17.3 Å². The van der Waals surface area contributed by atoms with Crippen LogP contribution in [0.1, 0.15) is 12.8 Å². The van der Waals surface area contributed by atoms with Gasteiger partial charge in [-0.2, -0.15) is 0 Å². The van der Waals surface area contributed by atoms with Gasteiger partial charge in [-0.15, -0.1) is 0 Å². The van der Waals surface area contributed by atoms with Gasteiger partial charge in [0.05, 0.1) is 11.9 Å². The molecule has 0 atom stereocenters. The molecule has 0 spiro atoms. The summed E-state index contributed by atoms with van der Waals surface area (Å²) in [4.78, 5) is 18.1. The molecule has 6 nitrogen and oxygen atoms in total. The molecule has 23 heavy (non-hydrogen) atoms. The molecule has 1 saturated heterocycles. The van der Waals surface area contributed by atoms with Crippen molar-refractivity contribution < 1.29 is 0 Å². The van der Waals surface area contributed by atoms with E-state index in [0.717, 1.165) is 41.6 Å². The lowest BCUT2D eigenvalue weighted by molar-refractivity contribution is 0.928. The number of fused-ring (bicyclic) bond motifs is 1. The van der Waals surface area contributed by atoms with Gasteiger partial charge in [-0.1, -0.05) is 0 Å². The Labute approximate surface area is 135 Å². The Balaban J connectivity index is 1.88. The van der Waals surface area contributed by atoms with E-state index in [1.807, 2.05) is 49.8 Å². The average molecular weight is 308 g/mol. The molecule has 1 aliphatic rings. The van der Waals surface area contributed by atoms with E-state index in [2.05, 4.69) is 30.3 Å². The molecule has 0 bridgehead atoms. The number of anilines is 2. The van der Waals surface area contributed by atoms with Crippen LogP contribution in [0.4, 0.5) is 11.6 Å². The smallest absolute Gasteiger partial charge is 0.180 e. The van der Waals surface area contributed by atoms with E-state index in [1.165, 1.54) is 12.8 Å². The van der Waals surface area contributed by atoms with Crippen LogP contribution < -0.4 is 9.80 Å². The predicted molar refractivity (Wildman–Crippen MR) is 92.0 cm³/mol. The highest BCUT2D eigenvalue weighted by molar-refractivity contribution is 5.77. The third-order valence-corrected chi connectivity index (χ3v) is 4.30. The maximum absolute atomic E-state index is 4.65. The molecule has 0 aliphatic carbocycles. The lowest BCUT2D eigenvalue weighted by Gasteiger charge is -2.17. The summed E-state index contributed by atoms with van der Waals surface area (Å²) in [5, 5.41) is 0. The maximum Gasteiger partial charge on any atom is 0.180 e. The SMILES string of the molecule is CN(C)c1ncccc1-c1cnc2c(N3CCCC3)nccn12. The Morgan fingerprint density at radius 3 is 2.65 bits per heavy atom. The standard InChI is InChI=1S/C17H20N6/c1-21(2)15-13(6-5-7-18-15)14-12-20-17-16(19-8-11-23(14)17)22-9-3-4-10-22/h5-8,11-12H,3-4,9-10H2,1-2H3. The van der Waals surface area contributed by atoms with Crippen LogP contribution in [-0.2, 0) is 0 Å². The highest BCUT2D eigenvalue weighted by atomic mass is 15.2. The molecule has 0 radical (unpaired) electrons. The zero-order valence-corrected chi connectivity index (χ0v) is 13.5. The largest absolute Gasteiger partial charge is 0.362 e. The second kappa shape index (κ2) is 5.53. The summed E-state index contributed by atoms with van der Waals surface area (Å²) in [6.07, 6.45) is 10.0. The Bertz CT molecular complexity index is 832. The number of pyridine rings is 1. The van der Waals surface area contributed by atoms with Gasteiger partial charge < -0.3 is 9.80 Å². The van der Waals surface area contributed by atoms with Crippen LogP contribution in [0.2, 0.25) is 0 Å². The number of aromatic nitrogens is 4. The van der Waals surface area contributed by atoms with E-state index in [-0.39, 0.29) is 0 Å². The lowest BCUT2D eigenvalue weighted by Crippen LogP contribution is -2.20. The van der Waals surface area contributed by atoms with E-state index in [4.69, 9.17) is 0 Å². The fraction of sp³-hybridized carbons (Fsp3) is 0.353. The summed E-state index contributed by atoms with van der Waals surface area (Å²) in [6.45, 7) is 2.12. The Kier molecular flexibility index (Phi) is 3.37. The first kappa shape index (κ1) is 14.0. The fourth-order valence-corrected chi connectivity index (χ4v) is 3.21. The van der Waals surface area contributed by atoms with Crippen LogP contribution >= 0.6 is 0 Å².